The Morgan fingerprint density at radius 1 is 1.16 bits per heavy atom. The van der Waals surface area contributed by atoms with Crippen molar-refractivity contribution in [3.05, 3.63) is 58.6 Å². The van der Waals surface area contributed by atoms with Crippen molar-refractivity contribution in [3.63, 3.8) is 0 Å². The number of likely N-dealkylation sites (N-methyl/N-ethyl adjacent to an activating group) is 1. The number of nitro benzene ring substituents is 1. The quantitative estimate of drug-likeness (QED) is 0.558. The van der Waals surface area contributed by atoms with Crippen LogP contribution in [0.3, 0.4) is 0 Å². The Hall–Kier alpha value is -1.94. The van der Waals surface area contributed by atoms with Gasteiger partial charge in [0.25, 0.3) is 5.69 Å². The minimum absolute atomic E-state index is 0.115. The first-order valence-corrected chi connectivity index (χ1v) is 9.75. The van der Waals surface area contributed by atoms with Crippen LogP contribution < -0.4 is 4.72 Å². The van der Waals surface area contributed by atoms with Crippen molar-refractivity contribution in [3.8, 4) is 0 Å². The second kappa shape index (κ2) is 8.43. The highest BCUT2D eigenvalue weighted by Gasteiger charge is 2.21. The molecule has 0 fully saturated rings. The van der Waals surface area contributed by atoms with Crippen molar-refractivity contribution in [1.29, 1.82) is 0 Å². The van der Waals surface area contributed by atoms with E-state index >= 15 is 0 Å². The molecule has 0 unspecified atom stereocenters. The van der Waals surface area contributed by atoms with Crippen molar-refractivity contribution < 1.29 is 13.3 Å². The van der Waals surface area contributed by atoms with Gasteiger partial charge < -0.3 is 4.90 Å². The van der Waals surface area contributed by atoms with Crippen molar-refractivity contribution in [2.75, 3.05) is 27.2 Å². The number of sulfonamides is 1. The third kappa shape index (κ3) is 5.53. The summed E-state index contributed by atoms with van der Waals surface area (Å²) in [5.74, 6) is 0. The predicted molar refractivity (Wildman–Crippen MR) is 97.4 cm³/mol. The summed E-state index contributed by atoms with van der Waals surface area (Å²) in [6.45, 7) is 0.757. The number of hydrogen-bond acceptors (Lipinski definition) is 6. The lowest BCUT2D eigenvalue weighted by atomic mass is 10.3. The first-order chi connectivity index (χ1) is 11.8. The summed E-state index contributed by atoms with van der Waals surface area (Å²) in [4.78, 5) is 13.8. The first-order valence-electron chi connectivity index (χ1n) is 7.45. The fourth-order valence-corrected chi connectivity index (χ4v) is 3.96. The lowest BCUT2D eigenvalue weighted by molar-refractivity contribution is -0.388. The molecule has 0 radical (unpaired) electrons. The Labute approximate surface area is 151 Å². The SMILES string of the molecule is CN(C)CCNS(=O)(=O)c1ccc(Sc2ccccc2)c([N+](=O)[O-])c1. The lowest BCUT2D eigenvalue weighted by Gasteiger charge is -2.11. The number of rotatable bonds is 8. The number of hydrogen-bond donors (Lipinski definition) is 1. The van der Waals surface area contributed by atoms with Crippen molar-refractivity contribution >= 4 is 27.5 Å². The number of nitrogens with zero attached hydrogens (tertiary/aromatic N) is 2. The molecule has 0 saturated heterocycles. The molecule has 2 rings (SSSR count). The Morgan fingerprint density at radius 3 is 2.44 bits per heavy atom. The highest BCUT2D eigenvalue weighted by Crippen LogP contribution is 2.35. The molecule has 0 saturated carbocycles. The van der Waals surface area contributed by atoms with E-state index < -0.39 is 14.9 Å². The molecule has 0 aliphatic rings. The Balaban J connectivity index is 2.27. The molecule has 1 N–H and O–H groups in total. The zero-order valence-electron chi connectivity index (χ0n) is 13.9. The normalized spacial score (nSPS) is 11.6. The maximum Gasteiger partial charge on any atom is 0.284 e. The topological polar surface area (TPSA) is 92.6 Å². The predicted octanol–water partition coefficient (Wildman–Crippen LogP) is 2.59. The van der Waals surface area contributed by atoms with Gasteiger partial charge >= 0.3 is 0 Å². The molecule has 0 aliphatic carbocycles. The van der Waals surface area contributed by atoms with Gasteiger partial charge in [0.2, 0.25) is 10.0 Å². The molecule has 0 heterocycles. The summed E-state index contributed by atoms with van der Waals surface area (Å²) in [6.07, 6.45) is 0. The van der Waals surface area contributed by atoms with Crippen LogP contribution in [0.5, 0.6) is 0 Å². The second-order valence-electron chi connectivity index (χ2n) is 5.50. The minimum atomic E-state index is -3.79. The molecule has 0 atom stereocenters. The van der Waals surface area contributed by atoms with E-state index in [4.69, 9.17) is 0 Å². The standard InChI is InChI=1S/C16H19N3O4S2/c1-18(2)11-10-17-25(22,23)14-8-9-16(15(12-14)19(20)21)24-13-6-4-3-5-7-13/h3-9,12,17H,10-11H2,1-2H3. The van der Waals surface area contributed by atoms with Gasteiger partial charge in [0.05, 0.1) is 14.7 Å². The second-order valence-corrected chi connectivity index (χ2v) is 8.39. The Kier molecular flexibility index (Phi) is 6.54. The van der Waals surface area contributed by atoms with Gasteiger partial charge in [-0.2, -0.15) is 0 Å². The maximum atomic E-state index is 12.3. The summed E-state index contributed by atoms with van der Waals surface area (Å²) in [6, 6.07) is 13.1. The number of benzene rings is 2. The van der Waals surface area contributed by atoms with E-state index in [1.54, 1.807) is 0 Å². The van der Waals surface area contributed by atoms with E-state index in [0.29, 0.717) is 11.4 Å². The molecule has 134 valence electrons. The van der Waals surface area contributed by atoms with Crippen LogP contribution in [-0.4, -0.2) is 45.4 Å². The summed E-state index contributed by atoms with van der Waals surface area (Å²) >= 11 is 1.22. The molecule has 2 aromatic rings. The van der Waals surface area contributed by atoms with Gasteiger partial charge in [-0.3, -0.25) is 10.1 Å². The maximum absolute atomic E-state index is 12.3. The molecule has 9 heteroatoms. The fraction of sp³-hybridized carbons (Fsp3) is 0.250. The molecule has 7 nitrogen and oxygen atoms in total. The van der Waals surface area contributed by atoms with Crippen LogP contribution in [0.4, 0.5) is 5.69 Å². The van der Waals surface area contributed by atoms with Crippen LogP contribution >= 0.6 is 11.8 Å². The van der Waals surface area contributed by atoms with Crippen LogP contribution in [0.2, 0.25) is 0 Å². The van der Waals surface area contributed by atoms with Gasteiger partial charge in [0.15, 0.2) is 0 Å². The van der Waals surface area contributed by atoms with Crippen LogP contribution in [0.15, 0.2) is 63.2 Å². The van der Waals surface area contributed by atoms with Gasteiger partial charge in [-0.05, 0) is 38.4 Å². The van der Waals surface area contributed by atoms with E-state index in [0.717, 1.165) is 11.0 Å². The summed E-state index contributed by atoms with van der Waals surface area (Å²) in [7, 11) is -0.136. The molecule has 0 aromatic heterocycles. The molecule has 25 heavy (non-hydrogen) atoms. The smallest absolute Gasteiger partial charge is 0.284 e. The monoisotopic (exact) mass is 381 g/mol. The Morgan fingerprint density at radius 2 is 1.84 bits per heavy atom. The van der Waals surface area contributed by atoms with E-state index in [9.17, 15) is 18.5 Å². The van der Waals surface area contributed by atoms with Gasteiger partial charge in [-0.15, -0.1) is 0 Å². The third-order valence-corrected chi connectivity index (χ3v) is 5.79. The first kappa shape index (κ1) is 19.4. The number of nitro groups is 1. The van der Waals surface area contributed by atoms with Crippen LogP contribution in [-0.2, 0) is 10.0 Å². The highest BCUT2D eigenvalue weighted by molar-refractivity contribution is 7.99. The van der Waals surface area contributed by atoms with Crippen LogP contribution in [0.25, 0.3) is 0 Å². The zero-order valence-corrected chi connectivity index (χ0v) is 15.5. The largest absolute Gasteiger partial charge is 0.308 e. The van der Waals surface area contributed by atoms with E-state index in [1.807, 2.05) is 49.3 Å². The van der Waals surface area contributed by atoms with Gasteiger partial charge in [0.1, 0.15) is 0 Å². The summed E-state index contributed by atoms with van der Waals surface area (Å²) < 4.78 is 27.0. The summed E-state index contributed by atoms with van der Waals surface area (Å²) in [5.41, 5.74) is -0.232. The fourth-order valence-electron chi connectivity index (χ4n) is 2.00. The Bertz CT molecular complexity index is 840. The average molecular weight is 381 g/mol. The van der Waals surface area contributed by atoms with Crippen molar-refractivity contribution in [1.82, 2.24) is 9.62 Å². The van der Waals surface area contributed by atoms with Gasteiger partial charge in [-0.25, -0.2) is 13.1 Å². The number of nitrogens with one attached hydrogen (secondary N) is 1. The van der Waals surface area contributed by atoms with Gasteiger partial charge in [0, 0.05) is 24.1 Å². The van der Waals surface area contributed by atoms with Crippen LogP contribution in [0.1, 0.15) is 0 Å². The van der Waals surface area contributed by atoms with E-state index in [1.165, 1.54) is 23.9 Å². The van der Waals surface area contributed by atoms with E-state index in [-0.39, 0.29) is 17.1 Å². The average Bonchev–Trinajstić information content (AvgIpc) is 2.55. The highest BCUT2D eigenvalue weighted by atomic mass is 32.2. The minimum Gasteiger partial charge on any atom is -0.308 e. The summed E-state index contributed by atoms with van der Waals surface area (Å²) in [5, 5.41) is 11.4. The molecule has 0 spiro atoms. The molecular weight excluding hydrogens is 362 g/mol. The van der Waals surface area contributed by atoms with Crippen LogP contribution in [0, 0.1) is 10.1 Å². The van der Waals surface area contributed by atoms with Crippen molar-refractivity contribution in [2.24, 2.45) is 0 Å². The molecular formula is C16H19N3O4S2. The molecule has 0 amide bonds. The molecule has 2 aromatic carbocycles. The lowest BCUT2D eigenvalue weighted by Crippen LogP contribution is -2.31. The van der Waals surface area contributed by atoms with Crippen molar-refractivity contribution in [2.45, 2.75) is 14.7 Å². The molecule has 0 aliphatic heterocycles. The third-order valence-electron chi connectivity index (χ3n) is 3.26. The van der Waals surface area contributed by atoms with Gasteiger partial charge in [-0.1, -0.05) is 30.0 Å². The zero-order chi connectivity index (χ0) is 18.4. The molecule has 0 bridgehead atoms. The van der Waals surface area contributed by atoms with E-state index in [2.05, 4.69) is 4.72 Å².